The number of halogens is 2. The Morgan fingerprint density at radius 2 is 2.12 bits per heavy atom. The predicted molar refractivity (Wildman–Crippen MR) is 74.9 cm³/mol. The third-order valence-corrected chi connectivity index (χ3v) is 3.87. The molecule has 17 heavy (non-hydrogen) atoms. The Labute approximate surface area is 119 Å². The molecular formula is C9H9Br2N3O2S. The quantitative estimate of drug-likeness (QED) is 0.496. The van der Waals surface area contributed by atoms with Crippen LogP contribution in [0.4, 0.5) is 4.79 Å². The van der Waals surface area contributed by atoms with E-state index in [0.717, 1.165) is 8.80 Å². The van der Waals surface area contributed by atoms with Gasteiger partial charge in [-0.15, -0.1) is 11.3 Å². The smallest absolute Gasteiger partial charge is 0.337 e. The van der Waals surface area contributed by atoms with Gasteiger partial charge in [0.05, 0.1) is 8.66 Å². The number of rotatable bonds is 3. The minimum Gasteiger partial charge on any atom is -0.340 e. The highest BCUT2D eigenvalue weighted by Crippen LogP contribution is 2.23. The van der Waals surface area contributed by atoms with Crippen molar-refractivity contribution in [3.05, 3.63) is 20.8 Å². The average Bonchev–Trinajstić information content (AvgIpc) is 2.73. The summed E-state index contributed by atoms with van der Waals surface area (Å²) >= 11 is 7.63. The molecule has 0 aliphatic heterocycles. The van der Waals surface area contributed by atoms with Crippen molar-refractivity contribution in [3.8, 4) is 0 Å². The van der Waals surface area contributed by atoms with E-state index >= 15 is 0 Å². The van der Waals surface area contributed by atoms with Gasteiger partial charge in [0.25, 0.3) is 0 Å². The molecule has 0 aromatic carbocycles. The van der Waals surface area contributed by atoms with Gasteiger partial charge in [-0.3, -0.25) is 4.79 Å². The fourth-order valence-electron chi connectivity index (χ4n) is 0.922. The Balaban J connectivity index is 2.83. The minimum atomic E-state index is -0.401. The van der Waals surface area contributed by atoms with Crippen LogP contribution in [0.1, 0.15) is 9.67 Å². The molecule has 0 unspecified atom stereocenters. The minimum absolute atomic E-state index is 0.0814. The van der Waals surface area contributed by atoms with Crippen LogP contribution in [-0.2, 0) is 0 Å². The van der Waals surface area contributed by atoms with E-state index < -0.39 is 6.03 Å². The summed E-state index contributed by atoms with van der Waals surface area (Å²) in [7, 11) is 2.94. The van der Waals surface area contributed by atoms with E-state index in [1.54, 1.807) is 12.1 Å². The van der Waals surface area contributed by atoms with Crippen LogP contribution in [0.25, 0.3) is 0 Å². The number of Topliss-reactive ketones (excluding diaryl/α,β-unsaturated/α-hetero) is 1. The molecule has 0 bridgehead atoms. The number of carbonyl (C=O) groups is 2. The fourth-order valence-corrected chi connectivity index (χ4v) is 2.83. The molecule has 0 radical (unpaired) electrons. The Hall–Kier alpha value is -0.730. The van der Waals surface area contributed by atoms with Crippen molar-refractivity contribution in [2.75, 3.05) is 14.1 Å². The molecule has 1 aromatic heterocycles. The first-order valence-corrected chi connectivity index (χ1v) is 6.85. The lowest BCUT2D eigenvalue weighted by molar-refractivity contribution is 0.107. The van der Waals surface area contributed by atoms with Crippen molar-refractivity contribution in [1.29, 1.82) is 0 Å². The summed E-state index contributed by atoms with van der Waals surface area (Å²) in [6.45, 7) is 0. The fraction of sp³-hybridized carbons (Fsp3) is 0.222. The molecule has 0 atom stereocenters. The molecule has 1 aromatic rings. The number of urea groups is 1. The van der Waals surface area contributed by atoms with Gasteiger partial charge in [-0.2, -0.15) is 5.10 Å². The summed E-state index contributed by atoms with van der Waals surface area (Å²) in [5, 5.41) is 7.27. The van der Waals surface area contributed by atoms with E-state index in [-0.39, 0.29) is 10.4 Å². The maximum atomic E-state index is 11.9. The Kier molecular flexibility index (Phi) is 5.29. The van der Waals surface area contributed by atoms with Crippen molar-refractivity contribution in [2.24, 2.45) is 5.10 Å². The standard InChI is InChI=1S/C9H9Br2N3O2S/c1-12-9(16)14(2)13-8(11)7(15)5-3-4-6(10)17-5/h3-4H,1-2H3,(H,12,16)/b13-8-. The SMILES string of the molecule is CNC(=O)N(C)/N=C(\Br)C(=O)c1ccc(Br)s1. The van der Waals surface area contributed by atoms with Gasteiger partial charge in [0, 0.05) is 14.1 Å². The van der Waals surface area contributed by atoms with Gasteiger partial charge in [0.2, 0.25) is 5.78 Å². The van der Waals surface area contributed by atoms with Crippen LogP contribution in [-0.4, -0.2) is 35.5 Å². The summed E-state index contributed by atoms with van der Waals surface area (Å²) in [4.78, 5) is 23.6. The van der Waals surface area contributed by atoms with Crippen LogP contribution in [0.2, 0.25) is 0 Å². The van der Waals surface area contributed by atoms with E-state index in [9.17, 15) is 9.59 Å². The second-order valence-corrected chi connectivity index (χ2v) is 6.12. The number of hydrazone groups is 1. The first-order valence-electron chi connectivity index (χ1n) is 4.45. The Morgan fingerprint density at radius 3 is 2.59 bits per heavy atom. The van der Waals surface area contributed by atoms with Crippen LogP contribution in [0.3, 0.4) is 0 Å². The lowest BCUT2D eigenvalue weighted by Crippen LogP contribution is -2.32. The number of thiophene rings is 1. The zero-order valence-corrected chi connectivity index (χ0v) is 13.0. The summed E-state index contributed by atoms with van der Waals surface area (Å²) in [5.74, 6) is -0.267. The Morgan fingerprint density at radius 1 is 1.47 bits per heavy atom. The molecule has 0 spiro atoms. The molecule has 1 N–H and O–H groups in total. The molecule has 5 nitrogen and oxygen atoms in total. The molecular weight excluding hydrogens is 374 g/mol. The van der Waals surface area contributed by atoms with Crippen LogP contribution >= 0.6 is 43.2 Å². The largest absolute Gasteiger partial charge is 0.340 e. The number of nitrogens with zero attached hydrogens (tertiary/aromatic N) is 2. The van der Waals surface area contributed by atoms with Crippen LogP contribution in [0, 0.1) is 0 Å². The molecule has 2 amide bonds. The first-order chi connectivity index (χ1) is 7.95. The molecule has 0 aliphatic rings. The van der Waals surface area contributed by atoms with Crippen molar-refractivity contribution >= 4 is 59.6 Å². The molecule has 1 rings (SSSR count). The molecule has 1 heterocycles. The van der Waals surface area contributed by atoms with E-state index in [2.05, 4.69) is 42.3 Å². The average molecular weight is 383 g/mol. The first kappa shape index (κ1) is 14.3. The van der Waals surface area contributed by atoms with Gasteiger partial charge < -0.3 is 5.32 Å². The van der Waals surface area contributed by atoms with E-state index in [1.165, 1.54) is 25.4 Å². The number of nitrogens with one attached hydrogen (secondary N) is 1. The maximum Gasteiger partial charge on any atom is 0.337 e. The van der Waals surface area contributed by atoms with Crippen molar-refractivity contribution in [1.82, 2.24) is 10.3 Å². The lowest BCUT2D eigenvalue weighted by atomic mass is 10.3. The molecule has 0 aliphatic carbocycles. The molecule has 0 saturated carbocycles. The maximum absolute atomic E-state index is 11.9. The topological polar surface area (TPSA) is 61.8 Å². The van der Waals surface area contributed by atoms with Crippen LogP contribution < -0.4 is 5.32 Å². The molecule has 0 saturated heterocycles. The second kappa shape index (κ2) is 6.27. The highest BCUT2D eigenvalue weighted by molar-refractivity contribution is 9.19. The van der Waals surface area contributed by atoms with E-state index in [1.807, 2.05) is 0 Å². The summed E-state index contributed by atoms with van der Waals surface area (Å²) in [5.41, 5.74) is 0. The third kappa shape index (κ3) is 3.90. The van der Waals surface area contributed by atoms with Crippen LogP contribution in [0.15, 0.2) is 21.0 Å². The summed E-state index contributed by atoms with van der Waals surface area (Å²) in [6, 6.07) is 3.07. The van der Waals surface area contributed by atoms with Gasteiger partial charge in [-0.05, 0) is 44.0 Å². The molecule has 92 valence electrons. The van der Waals surface area contributed by atoms with E-state index in [4.69, 9.17) is 0 Å². The van der Waals surface area contributed by atoms with Crippen molar-refractivity contribution in [3.63, 3.8) is 0 Å². The van der Waals surface area contributed by atoms with Crippen LogP contribution in [0.5, 0.6) is 0 Å². The lowest BCUT2D eigenvalue weighted by Gasteiger charge is -2.09. The normalized spacial score (nSPS) is 11.2. The monoisotopic (exact) mass is 381 g/mol. The molecule has 0 fully saturated rings. The van der Waals surface area contributed by atoms with Gasteiger partial charge in [-0.25, -0.2) is 9.80 Å². The molecule has 8 heteroatoms. The zero-order chi connectivity index (χ0) is 13.0. The number of carbonyl (C=O) groups excluding carboxylic acids is 2. The van der Waals surface area contributed by atoms with E-state index in [0.29, 0.717) is 4.88 Å². The second-order valence-electron chi connectivity index (χ2n) is 2.90. The highest BCUT2D eigenvalue weighted by Gasteiger charge is 2.15. The summed E-state index contributed by atoms with van der Waals surface area (Å²) in [6.07, 6.45) is 0. The van der Waals surface area contributed by atoms with Gasteiger partial charge in [0.1, 0.15) is 0 Å². The van der Waals surface area contributed by atoms with Crippen molar-refractivity contribution in [2.45, 2.75) is 0 Å². The zero-order valence-electron chi connectivity index (χ0n) is 9.03. The number of hydrogen-bond acceptors (Lipinski definition) is 4. The number of hydrogen-bond donors (Lipinski definition) is 1. The number of ketones is 1. The van der Waals surface area contributed by atoms with Crippen molar-refractivity contribution < 1.29 is 9.59 Å². The third-order valence-electron chi connectivity index (χ3n) is 1.73. The van der Waals surface area contributed by atoms with Gasteiger partial charge >= 0.3 is 6.03 Å². The Bertz CT molecular complexity index is 473. The predicted octanol–water partition coefficient (Wildman–Crippen LogP) is 2.67. The van der Waals surface area contributed by atoms with Gasteiger partial charge in [-0.1, -0.05) is 0 Å². The highest BCUT2D eigenvalue weighted by atomic mass is 79.9. The summed E-state index contributed by atoms with van der Waals surface area (Å²) < 4.78 is 0.943. The van der Waals surface area contributed by atoms with Gasteiger partial charge in [0.15, 0.2) is 4.62 Å². The number of amides is 2.